The average Bonchev–Trinajstić information content (AvgIpc) is 2.20. The van der Waals surface area contributed by atoms with Crippen LogP contribution in [0.2, 0.25) is 0 Å². The molecule has 0 heterocycles. The summed E-state index contributed by atoms with van der Waals surface area (Å²) in [6.45, 7) is 6.65. The van der Waals surface area contributed by atoms with Crippen molar-refractivity contribution in [2.24, 2.45) is 0 Å². The number of hydrogen-bond donors (Lipinski definition) is 0. The lowest BCUT2D eigenvalue weighted by molar-refractivity contribution is 0.220. The summed E-state index contributed by atoms with van der Waals surface area (Å²) in [5, 5.41) is 0. The summed E-state index contributed by atoms with van der Waals surface area (Å²) in [6.07, 6.45) is 1.37. The lowest BCUT2D eigenvalue weighted by atomic mass is 9.93. The molecular formula is C12H20OSi. The van der Waals surface area contributed by atoms with Crippen LogP contribution in [-0.2, 0) is 4.43 Å². The highest BCUT2D eigenvalue weighted by Crippen LogP contribution is 2.28. The van der Waals surface area contributed by atoms with E-state index in [9.17, 15) is 0 Å². The first-order valence-electron chi connectivity index (χ1n) is 5.32. The number of hydrogen-bond acceptors (Lipinski definition) is 1. The van der Waals surface area contributed by atoms with E-state index >= 15 is 0 Å². The van der Waals surface area contributed by atoms with E-state index in [0.29, 0.717) is 12.0 Å². The molecule has 0 aromatic heterocycles. The van der Waals surface area contributed by atoms with Crippen molar-refractivity contribution in [1.82, 2.24) is 0 Å². The predicted octanol–water partition coefficient (Wildman–Crippen LogP) is 2.56. The summed E-state index contributed by atoms with van der Waals surface area (Å²) in [4.78, 5) is 0. The molecule has 1 unspecified atom stereocenters. The summed E-state index contributed by atoms with van der Waals surface area (Å²) in [5.74, 6) is 0.581. The third kappa shape index (κ3) is 2.46. The summed E-state index contributed by atoms with van der Waals surface area (Å²) in [5.41, 5.74) is 2.80. The Bertz CT molecular complexity index is 279. The van der Waals surface area contributed by atoms with Gasteiger partial charge in [-0.05, 0) is 23.5 Å². The largest absolute Gasteiger partial charge is 0.421 e. The molecule has 0 aliphatic heterocycles. The van der Waals surface area contributed by atoms with E-state index in [1.54, 1.807) is 0 Å². The summed E-state index contributed by atoms with van der Waals surface area (Å²) in [6, 6.07) is 8.62. The van der Waals surface area contributed by atoms with E-state index in [1.165, 1.54) is 11.1 Å². The van der Waals surface area contributed by atoms with Crippen molar-refractivity contribution in [2.75, 3.05) is 0 Å². The van der Waals surface area contributed by atoms with Gasteiger partial charge in [-0.2, -0.15) is 0 Å². The molecule has 0 spiro atoms. The minimum Gasteiger partial charge on any atom is -0.421 e. The van der Waals surface area contributed by atoms with Gasteiger partial charge in [0.1, 0.15) is 10.5 Å². The molecular weight excluding hydrogens is 188 g/mol. The molecule has 78 valence electrons. The van der Waals surface area contributed by atoms with Crippen LogP contribution in [0.1, 0.15) is 50.3 Å². The molecule has 0 aliphatic rings. The lowest BCUT2D eigenvalue weighted by Crippen LogP contribution is -2.05. The first-order chi connectivity index (χ1) is 6.70. The maximum absolute atomic E-state index is 5.62. The molecule has 1 aromatic carbocycles. The van der Waals surface area contributed by atoms with E-state index < -0.39 is 0 Å². The van der Waals surface area contributed by atoms with E-state index in [1.807, 2.05) is 0 Å². The van der Waals surface area contributed by atoms with Crippen LogP contribution in [0.25, 0.3) is 0 Å². The molecule has 0 fully saturated rings. The van der Waals surface area contributed by atoms with Crippen molar-refractivity contribution in [3.8, 4) is 0 Å². The van der Waals surface area contributed by atoms with Gasteiger partial charge < -0.3 is 4.43 Å². The van der Waals surface area contributed by atoms with Gasteiger partial charge in [-0.25, -0.2) is 0 Å². The Morgan fingerprint density at radius 3 is 2.21 bits per heavy atom. The van der Waals surface area contributed by atoms with Gasteiger partial charge in [0.15, 0.2) is 0 Å². The monoisotopic (exact) mass is 208 g/mol. The zero-order chi connectivity index (χ0) is 10.6. The Balaban J connectivity index is 3.05. The maximum atomic E-state index is 5.62. The molecule has 0 amide bonds. The third-order valence-corrected chi connectivity index (χ3v) is 3.19. The zero-order valence-electron chi connectivity index (χ0n) is 9.58. The average molecular weight is 208 g/mol. The molecule has 0 radical (unpaired) electrons. The summed E-state index contributed by atoms with van der Waals surface area (Å²) >= 11 is 0. The van der Waals surface area contributed by atoms with Crippen molar-refractivity contribution in [3.63, 3.8) is 0 Å². The SMILES string of the molecule is CCC(O[SiH3])c1ccccc1C(C)C. The van der Waals surface area contributed by atoms with Crippen molar-refractivity contribution in [1.29, 1.82) is 0 Å². The molecule has 1 rings (SSSR count). The van der Waals surface area contributed by atoms with Crippen LogP contribution in [0.5, 0.6) is 0 Å². The zero-order valence-corrected chi connectivity index (χ0v) is 11.6. The minimum absolute atomic E-state index is 0.306. The highest BCUT2D eigenvalue weighted by atomic mass is 28.2. The molecule has 0 N–H and O–H groups in total. The van der Waals surface area contributed by atoms with Gasteiger partial charge in [-0.1, -0.05) is 45.0 Å². The Morgan fingerprint density at radius 2 is 1.79 bits per heavy atom. The van der Waals surface area contributed by atoms with Gasteiger partial charge in [-0.3, -0.25) is 0 Å². The normalized spacial score (nSPS) is 13.4. The Hall–Kier alpha value is -0.603. The third-order valence-electron chi connectivity index (χ3n) is 2.62. The van der Waals surface area contributed by atoms with E-state index in [-0.39, 0.29) is 0 Å². The first-order valence-corrected chi connectivity index (χ1v) is 6.14. The fourth-order valence-corrected chi connectivity index (χ4v) is 2.43. The predicted molar refractivity (Wildman–Crippen MR) is 64.6 cm³/mol. The second-order valence-corrected chi connectivity index (χ2v) is 4.39. The van der Waals surface area contributed by atoms with Gasteiger partial charge in [0.2, 0.25) is 0 Å². The first kappa shape index (κ1) is 11.5. The smallest absolute Gasteiger partial charge is 0.146 e. The standard InChI is InChI=1S/C12H20OSi/c1-4-12(13-14)11-8-6-5-7-10(11)9(2)3/h5-9,12H,4H2,1-3,14H3. The Labute approximate surface area is 90.0 Å². The molecule has 1 atom stereocenters. The summed E-state index contributed by atoms with van der Waals surface area (Å²) < 4.78 is 5.62. The van der Waals surface area contributed by atoms with Gasteiger partial charge in [0.25, 0.3) is 0 Å². The molecule has 0 saturated carbocycles. The molecule has 1 nitrogen and oxygen atoms in total. The van der Waals surface area contributed by atoms with Crippen LogP contribution < -0.4 is 0 Å². The van der Waals surface area contributed by atoms with Crippen molar-refractivity contribution in [2.45, 2.75) is 39.2 Å². The topological polar surface area (TPSA) is 9.23 Å². The van der Waals surface area contributed by atoms with Crippen molar-refractivity contribution in [3.05, 3.63) is 35.4 Å². The highest BCUT2D eigenvalue weighted by Gasteiger charge is 2.13. The Morgan fingerprint density at radius 1 is 1.21 bits per heavy atom. The fraction of sp³-hybridized carbons (Fsp3) is 0.500. The maximum Gasteiger partial charge on any atom is 0.146 e. The van der Waals surface area contributed by atoms with Crippen LogP contribution >= 0.6 is 0 Å². The lowest BCUT2D eigenvalue weighted by Gasteiger charge is -2.20. The van der Waals surface area contributed by atoms with Crippen LogP contribution in [-0.4, -0.2) is 10.5 Å². The minimum atomic E-state index is 0.306. The number of rotatable bonds is 4. The quantitative estimate of drug-likeness (QED) is 0.691. The molecule has 0 saturated heterocycles. The molecule has 0 aliphatic carbocycles. The van der Waals surface area contributed by atoms with Gasteiger partial charge in [0.05, 0.1) is 6.10 Å². The summed E-state index contributed by atoms with van der Waals surface area (Å²) in [7, 11) is 0.810. The molecule has 0 bridgehead atoms. The fourth-order valence-electron chi connectivity index (χ4n) is 1.84. The van der Waals surface area contributed by atoms with Gasteiger partial charge in [-0.15, -0.1) is 0 Å². The van der Waals surface area contributed by atoms with E-state index in [4.69, 9.17) is 4.43 Å². The Kier molecular flexibility index (Phi) is 4.36. The second kappa shape index (κ2) is 5.32. The van der Waals surface area contributed by atoms with Crippen LogP contribution in [0.3, 0.4) is 0 Å². The van der Waals surface area contributed by atoms with Crippen LogP contribution in [0.15, 0.2) is 24.3 Å². The van der Waals surface area contributed by atoms with Crippen LogP contribution in [0, 0.1) is 0 Å². The van der Waals surface area contributed by atoms with E-state index in [2.05, 4.69) is 45.0 Å². The van der Waals surface area contributed by atoms with Crippen molar-refractivity contribution >= 4 is 10.5 Å². The van der Waals surface area contributed by atoms with Crippen LogP contribution in [0.4, 0.5) is 0 Å². The second-order valence-electron chi connectivity index (χ2n) is 3.92. The molecule has 2 heteroatoms. The molecule has 14 heavy (non-hydrogen) atoms. The highest BCUT2D eigenvalue weighted by molar-refractivity contribution is 5.98. The number of benzene rings is 1. The van der Waals surface area contributed by atoms with Gasteiger partial charge in [0, 0.05) is 0 Å². The molecule has 1 aromatic rings. The van der Waals surface area contributed by atoms with E-state index in [0.717, 1.165) is 16.9 Å². The van der Waals surface area contributed by atoms with Gasteiger partial charge >= 0.3 is 0 Å². The van der Waals surface area contributed by atoms with Crippen molar-refractivity contribution < 1.29 is 4.43 Å².